The Hall–Kier alpha value is -2.48. The number of aryl methyl sites for hydroxylation is 2. The third kappa shape index (κ3) is 5.28. The molecular formula is C26H33O2. The number of carbonyl (C=O) groups excluding carboxylic acids is 2. The Bertz CT molecular complexity index is 850. The van der Waals surface area contributed by atoms with Gasteiger partial charge in [-0.15, -0.1) is 0 Å². The van der Waals surface area contributed by atoms with Gasteiger partial charge in [-0.1, -0.05) is 73.2 Å². The molecule has 0 aromatic heterocycles. The Labute approximate surface area is 171 Å². The Morgan fingerprint density at radius 2 is 1.64 bits per heavy atom. The van der Waals surface area contributed by atoms with Crippen molar-refractivity contribution in [2.45, 2.75) is 57.8 Å². The van der Waals surface area contributed by atoms with E-state index in [2.05, 4.69) is 43.3 Å². The lowest BCUT2D eigenvalue weighted by atomic mass is 9.90. The Morgan fingerprint density at radius 3 is 2.18 bits per heavy atom. The van der Waals surface area contributed by atoms with Gasteiger partial charge in [-0.2, -0.15) is 0 Å². The minimum atomic E-state index is -0.0873. The molecule has 4 rings (SSSR count). The summed E-state index contributed by atoms with van der Waals surface area (Å²) in [5, 5.41) is 0. The van der Waals surface area contributed by atoms with E-state index in [0.717, 1.165) is 31.3 Å². The monoisotopic (exact) mass is 377 g/mol. The minimum absolute atomic E-state index is 0. The first kappa shape index (κ1) is 20.3. The van der Waals surface area contributed by atoms with E-state index in [9.17, 15) is 9.59 Å². The molecule has 0 saturated heterocycles. The maximum Gasteiger partial charge on any atom is 0.159 e. The number of rotatable bonds is 8. The summed E-state index contributed by atoms with van der Waals surface area (Å²) in [4.78, 5) is 23.0. The van der Waals surface area contributed by atoms with Gasteiger partial charge in [0.25, 0.3) is 0 Å². The average Bonchev–Trinajstić information content (AvgIpc) is 3.63. The van der Waals surface area contributed by atoms with Gasteiger partial charge in [0.1, 0.15) is 5.78 Å². The first-order valence-corrected chi connectivity index (χ1v) is 10.3. The molecule has 2 aliphatic carbocycles. The van der Waals surface area contributed by atoms with Crippen LogP contribution in [0.4, 0.5) is 0 Å². The second kappa shape index (κ2) is 9.14. The van der Waals surface area contributed by atoms with Crippen LogP contribution < -0.4 is 0 Å². The lowest BCUT2D eigenvalue weighted by Gasteiger charge is -2.12. The predicted molar refractivity (Wildman–Crippen MR) is 118 cm³/mol. The molecule has 0 N–H and O–H groups in total. The van der Waals surface area contributed by atoms with Gasteiger partial charge in [-0.05, 0) is 49.3 Å². The first-order chi connectivity index (χ1) is 13.5. The molecule has 2 aromatic rings. The molecule has 0 aliphatic heterocycles. The maximum absolute atomic E-state index is 11.7. The number of carbonyl (C=O) groups is 2. The number of Topliss-reactive ketones (excluding diaryl/α,β-unsaturated/α-hetero) is 2. The SMILES string of the molecule is CCC(=O)C1(c2ccccc2)CC1.Cc1ccc(CCCC(=O)C2=C[CH]2)cc1.[HH].[HH]. The molecule has 1 fully saturated rings. The highest BCUT2D eigenvalue weighted by Crippen LogP contribution is 2.49. The van der Waals surface area contributed by atoms with Crippen molar-refractivity contribution in [2.24, 2.45) is 0 Å². The van der Waals surface area contributed by atoms with Crippen LogP contribution in [0.2, 0.25) is 0 Å². The van der Waals surface area contributed by atoms with Gasteiger partial charge in [-0.25, -0.2) is 0 Å². The van der Waals surface area contributed by atoms with Crippen molar-refractivity contribution in [3.63, 3.8) is 0 Å². The van der Waals surface area contributed by atoms with Gasteiger partial charge >= 0.3 is 0 Å². The van der Waals surface area contributed by atoms with Crippen molar-refractivity contribution in [1.82, 2.24) is 0 Å². The Morgan fingerprint density at radius 1 is 1.00 bits per heavy atom. The van der Waals surface area contributed by atoms with Crippen LogP contribution in [-0.2, 0) is 21.4 Å². The fourth-order valence-corrected chi connectivity index (χ4v) is 3.53. The van der Waals surface area contributed by atoms with Crippen LogP contribution in [0.3, 0.4) is 0 Å². The van der Waals surface area contributed by atoms with Crippen molar-refractivity contribution in [1.29, 1.82) is 0 Å². The van der Waals surface area contributed by atoms with Crippen LogP contribution in [0.25, 0.3) is 0 Å². The van der Waals surface area contributed by atoms with E-state index in [-0.39, 0.29) is 8.27 Å². The summed E-state index contributed by atoms with van der Waals surface area (Å²) in [6, 6.07) is 18.7. The van der Waals surface area contributed by atoms with E-state index < -0.39 is 0 Å². The van der Waals surface area contributed by atoms with Crippen molar-refractivity contribution >= 4 is 11.6 Å². The van der Waals surface area contributed by atoms with Crippen LogP contribution in [0.5, 0.6) is 0 Å². The second-order valence-corrected chi connectivity index (χ2v) is 7.78. The van der Waals surface area contributed by atoms with Gasteiger partial charge in [0.2, 0.25) is 0 Å². The van der Waals surface area contributed by atoms with Crippen LogP contribution in [0.1, 0.15) is 58.6 Å². The van der Waals surface area contributed by atoms with E-state index in [1.54, 1.807) is 0 Å². The summed E-state index contributed by atoms with van der Waals surface area (Å²) in [5.74, 6) is 0.695. The van der Waals surface area contributed by atoms with E-state index >= 15 is 0 Å². The van der Waals surface area contributed by atoms with E-state index in [1.807, 2.05) is 37.6 Å². The topological polar surface area (TPSA) is 34.1 Å². The number of ketones is 2. The normalized spacial score (nSPS) is 15.7. The number of hydrogen-bond donors (Lipinski definition) is 0. The highest BCUT2D eigenvalue weighted by Gasteiger charge is 2.49. The number of allylic oxidation sites excluding steroid dienone is 2. The molecule has 0 heterocycles. The van der Waals surface area contributed by atoms with Crippen LogP contribution in [-0.4, -0.2) is 11.6 Å². The van der Waals surface area contributed by atoms with Crippen molar-refractivity contribution in [2.75, 3.05) is 0 Å². The summed E-state index contributed by atoms with van der Waals surface area (Å²) in [5.41, 5.74) is 4.64. The smallest absolute Gasteiger partial charge is 0.159 e. The summed E-state index contributed by atoms with van der Waals surface area (Å²) in [6.07, 6.45) is 9.15. The molecule has 1 radical (unpaired) electrons. The molecule has 0 amide bonds. The van der Waals surface area contributed by atoms with Crippen LogP contribution in [0.15, 0.2) is 66.2 Å². The molecular weight excluding hydrogens is 344 g/mol. The molecule has 0 bridgehead atoms. The third-order valence-electron chi connectivity index (χ3n) is 5.58. The number of hydrogen-bond acceptors (Lipinski definition) is 2. The average molecular weight is 378 g/mol. The zero-order valence-corrected chi connectivity index (χ0v) is 16.9. The molecule has 2 aromatic carbocycles. The minimum Gasteiger partial charge on any atom is -0.299 e. The molecule has 2 heteroatoms. The lowest BCUT2D eigenvalue weighted by Crippen LogP contribution is -2.18. The standard InChI is InChI=1S/C14H15O.C12H14O.2H2/c1-11-5-7-12(8-6-11)3-2-4-14(15)13-9-10-13;1-2-11(13)12(8-9-12)10-6-4-3-5-7-10;;/h5-10H,2-4H2,1H3;3-7H,2,8-9H2,1H3;2*1H. The van der Waals surface area contributed by atoms with E-state index in [0.29, 0.717) is 24.4 Å². The predicted octanol–water partition coefficient (Wildman–Crippen LogP) is 6.22. The maximum atomic E-state index is 11.7. The fraction of sp³-hybridized carbons (Fsp3) is 0.346. The zero-order valence-electron chi connectivity index (χ0n) is 16.9. The third-order valence-corrected chi connectivity index (χ3v) is 5.58. The zero-order chi connectivity index (χ0) is 20.0. The van der Waals surface area contributed by atoms with Crippen LogP contribution >= 0.6 is 0 Å². The molecule has 149 valence electrons. The lowest BCUT2D eigenvalue weighted by molar-refractivity contribution is -0.121. The van der Waals surface area contributed by atoms with Gasteiger partial charge in [0.05, 0.1) is 5.41 Å². The molecule has 2 aliphatic rings. The molecule has 28 heavy (non-hydrogen) atoms. The van der Waals surface area contributed by atoms with E-state index in [4.69, 9.17) is 0 Å². The van der Waals surface area contributed by atoms with E-state index in [1.165, 1.54) is 16.7 Å². The van der Waals surface area contributed by atoms with Crippen molar-refractivity contribution < 1.29 is 12.4 Å². The molecule has 0 unspecified atom stereocenters. The van der Waals surface area contributed by atoms with Gasteiger partial charge in [0, 0.05) is 22.1 Å². The van der Waals surface area contributed by atoms with Gasteiger partial charge in [-0.3, -0.25) is 9.59 Å². The highest BCUT2D eigenvalue weighted by molar-refractivity contribution is 6.02. The molecule has 0 atom stereocenters. The van der Waals surface area contributed by atoms with Crippen molar-refractivity contribution in [3.05, 3.63) is 89.4 Å². The van der Waals surface area contributed by atoms with Crippen LogP contribution in [0, 0.1) is 13.3 Å². The van der Waals surface area contributed by atoms with Gasteiger partial charge in [0.15, 0.2) is 5.78 Å². The Balaban J connectivity index is 0.000000284. The first-order valence-electron chi connectivity index (χ1n) is 10.3. The molecule has 0 spiro atoms. The highest BCUT2D eigenvalue weighted by atomic mass is 16.1. The number of benzene rings is 2. The summed E-state index contributed by atoms with van der Waals surface area (Å²) >= 11 is 0. The molecule has 1 saturated carbocycles. The summed E-state index contributed by atoms with van der Waals surface area (Å²) < 4.78 is 0. The summed E-state index contributed by atoms with van der Waals surface area (Å²) in [6.45, 7) is 4.04. The fourth-order valence-electron chi connectivity index (χ4n) is 3.53. The Kier molecular flexibility index (Phi) is 6.61. The quantitative estimate of drug-likeness (QED) is 0.547. The summed E-state index contributed by atoms with van der Waals surface area (Å²) in [7, 11) is 0. The largest absolute Gasteiger partial charge is 0.299 e. The second-order valence-electron chi connectivity index (χ2n) is 7.78. The molecule has 2 nitrogen and oxygen atoms in total. The van der Waals surface area contributed by atoms with Crippen molar-refractivity contribution in [3.8, 4) is 0 Å². The van der Waals surface area contributed by atoms with Gasteiger partial charge < -0.3 is 0 Å².